The first-order valence-electron chi connectivity index (χ1n) is 6.56. The Labute approximate surface area is 120 Å². The van der Waals surface area contributed by atoms with E-state index in [4.69, 9.17) is 0 Å². The third kappa shape index (κ3) is 2.51. The highest BCUT2D eigenvalue weighted by molar-refractivity contribution is 7.12. The maximum Gasteiger partial charge on any atom is 0.172 e. The summed E-state index contributed by atoms with van der Waals surface area (Å²) < 4.78 is 15.6. The number of aromatic nitrogens is 1. The molecule has 3 rings (SSSR count). The van der Waals surface area contributed by atoms with E-state index >= 15 is 0 Å². The third-order valence-electron chi connectivity index (χ3n) is 3.36. The molecule has 0 saturated carbocycles. The highest BCUT2D eigenvalue weighted by Crippen LogP contribution is 2.20. The van der Waals surface area contributed by atoms with Crippen molar-refractivity contribution in [1.29, 1.82) is 0 Å². The molecule has 0 bridgehead atoms. The molecule has 0 amide bonds. The molecule has 0 aliphatic carbocycles. The highest BCUT2D eigenvalue weighted by Gasteiger charge is 2.08. The molecule has 0 fully saturated rings. The van der Waals surface area contributed by atoms with Crippen molar-refractivity contribution in [1.82, 2.24) is 4.57 Å². The van der Waals surface area contributed by atoms with E-state index in [1.165, 1.54) is 17.4 Å². The van der Waals surface area contributed by atoms with Gasteiger partial charge in [-0.1, -0.05) is 12.1 Å². The smallest absolute Gasteiger partial charge is 0.172 e. The van der Waals surface area contributed by atoms with Gasteiger partial charge in [0.25, 0.3) is 0 Å². The molecule has 2 heterocycles. The second-order valence-corrected chi connectivity index (χ2v) is 5.63. The van der Waals surface area contributed by atoms with Gasteiger partial charge < -0.3 is 4.57 Å². The van der Waals surface area contributed by atoms with Gasteiger partial charge in [-0.15, -0.1) is 11.3 Å². The van der Waals surface area contributed by atoms with Crippen molar-refractivity contribution in [2.75, 3.05) is 0 Å². The van der Waals surface area contributed by atoms with E-state index in [0.717, 1.165) is 23.4 Å². The molecular formula is C16H14FNOS. The zero-order chi connectivity index (χ0) is 13.9. The van der Waals surface area contributed by atoms with Gasteiger partial charge in [-0.2, -0.15) is 0 Å². The van der Waals surface area contributed by atoms with Crippen LogP contribution in [0.2, 0.25) is 0 Å². The van der Waals surface area contributed by atoms with Gasteiger partial charge in [0.05, 0.1) is 10.4 Å². The normalized spacial score (nSPS) is 11.1. The highest BCUT2D eigenvalue weighted by atomic mass is 32.1. The van der Waals surface area contributed by atoms with Crippen molar-refractivity contribution in [3.8, 4) is 0 Å². The largest absolute Gasteiger partial charge is 0.347 e. The number of halogens is 1. The summed E-state index contributed by atoms with van der Waals surface area (Å²) in [4.78, 5) is 12.7. The summed E-state index contributed by atoms with van der Waals surface area (Å²) in [5, 5.41) is 2.55. The summed E-state index contributed by atoms with van der Waals surface area (Å²) >= 11 is 1.48. The van der Waals surface area contributed by atoms with Crippen molar-refractivity contribution in [2.24, 2.45) is 0 Å². The number of thiophene rings is 1. The summed E-state index contributed by atoms with van der Waals surface area (Å²) in [6, 6.07) is 10.6. The maximum atomic E-state index is 13.6. The third-order valence-corrected chi connectivity index (χ3v) is 4.27. The van der Waals surface area contributed by atoms with Crippen molar-refractivity contribution >= 4 is 28.0 Å². The topological polar surface area (TPSA) is 22.0 Å². The van der Waals surface area contributed by atoms with Gasteiger partial charge in [0.15, 0.2) is 5.78 Å². The molecule has 0 saturated heterocycles. The van der Waals surface area contributed by atoms with Gasteiger partial charge in [0, 0.05) is 24.5 Å². The molecule has 1 aromatic carbocycles. The zero-order valence-electron chi connectivity index (χ0n) is 10.9. The molecule has 0 aliphatic heterocycles. The number of ketones is 1. The Morgan fingerprint density at radius 2 is 2.10 bits per heavy atom. The van der Waals surface area contributed by atoms with E-state index in [1.54, 1.807) is 12.1 Å². The van der Waals surface area contributed by atoms with Gasteiger partial charge in [-0.05, 0) is 36.1 Å². The van der Waals surface area contributed by atoms with Crippen molar-refractivity contribution < 1.29 is 9.18 Å². The van der Waals surface area contributed by atoms with Crippen LogP contribution in [-0.4, -0.2) is 10.4 Å². The van der Waals surface area contributed by atoms with Crippen molar-refractivity contribution in [3.05, 3.63) is 58.7 Å². The van der Waals surface area contributed by atoms with Gasteiger partial charge >= 0.3 is 0 Å². The molecule has 0 spiro atoms. The number of Topliss-reactive ketones (excluding diaryl/α,β-unsaturated/α-hetero) is 1. The Morgan fingerprint density at radius 1 is 1.20 bits per heavy atom. The fraction of sp³-hybridized carbons (Fsp3) is 0.188. The van der Waals surface area contributed by atoms with Crippen LogP contribution in [0.25, 0.3) is 10.9 Å². The number of carbonyl (C=O) groups is 1. The lowest BCUT2D eigenvalue weighted by Crippen LogP contribution is -2.01. The van der Waals surface area contributed by atoms with Crippen LogP contribution in [0.1, 0.15) is 22.5 Å². The molecule has 2 nitrogen and oxygen atoms in total. The van der Waals surface area contributed by atoms with E-state index in [9.17, 15) is 9.18 Å². The number of rotatable bonds is 5. The quantitative estimate of drug-likeness (QED) is 0.633. The van der Waals surface area contributed by atoms with Crippen LogP contribution in [0, 0.1) is 5.82 Å². The van der Waals surface area contributed by atoms with Gasteiger partial charge in [-0.3, -0.25) is 4.79 Å². The standard InChI is InChI=1S/C16H14FNOS/c17-13-4-1-5-14-12(13)8-10-18(14)9-2-6-15(19)16-7-3-11-20-16/h1,3-5,7-8,10-11H,2,6,9H2. The van der Waals surface area contributed by atoms with Gasteiger partial charge in [0.1, 0.15) is 5.82 Å². The monoisotopic (exact) mass is 287 g/mol. The molecular weight excluding hydrogens is 273 g/mol. The minimum Gasteiger partial charge on any atom is -0.347 e. The predicted octanol–water partition coefficient (Wildman–Crippen LogP) is 4.51. The van der Waals surface area contributed by atoms with Crippen LogP contribution in [0.4, 0.5) is 4.39 Å². The van der Waals surface area contributed by atoms with Crippen LogP contribution in [-0.2, 0) is 6.54 Å². The molecule has 4 heteroatoms. The van der Waals surface area contributed by atoms with E-state index in [1.807, 2.05) is 34.3 Å². The van der Waals surface area contributed by atoms with Gasteiger partial charge in [-0.25, -0.2) is 4.39 Å². The number of fused-ring (bicyclic) bond motifs is 1. The van der Waals surface area contributed by atoms with Gasteiger partial charge in [0.2, 0.25) is 0 Å². The molecule has 20 heavy (non-hydrogen) atoms. The first-order chi connectivity index (χ1) is 9.75. The molecule has 0 atom stereocenters. The number of hydrogen-bond donors (Lipinski definition) is 0. The summed E-state index contributed by atoms with van der Waals surface area (Å²) in [6.45, 7) is 0.726. The van der Waals surface area contributed by atoms with Crippen LogP contribution >= 0.6 is 11.3 Å². The average Bonchev–Trinajstić information content (AvgIpc) is 3.09. The number of aryl methyl sites for hydroxylation is 1. The fourth-order valence-corrected chi connectivity index (χ4v) is 3.05. The van der Waals surface area contributed by atoms with Crippen LogP contribution in [0.15, 0.2) is 48.0 Å². The van der Waals surface area contributed by atoms with Crippen molar-refractivity contribution in [3.63, 3.8) is 0 Å². The molecule has 0 N–H and O–H groups in total. The number of nitrogens with zero attached hydrogens (tertiary/aromatic N) is 1. The maximum absolute atomic E-state index is 13.6. The molecule has 3 aromatic rings. The second-order valence-electron chi connectivity index (χ2n) is 4.69. The van der Waals surface area contributed by atoms with Crippen LogP contribution in [0.3, 0.4) is 0 Å². The van der Waals surface area contributed by atoms with E-state index in [-0.39, 0.29) is 11.6 Å². The summed E-state index contributed by atoms with van der Waals surface area (Å²) in [5.41, 5.74) is 0.883. The van der Waals surface area contributed by atoms with Crippen molar-refractivity contribution in [2.45, 2.75) is 19.4 Å². The number of benzene rings is 1. The Morgan fingerprint density at radius 3 is 2.90 bits per heavy atom. The second kappa shape index (κ2) is 5.59. The van der Waals surface area contributed by atoms with E-state index < -0.39 is 0 Å². The summed E-state index contributed by atoms with van der Waals surface area (Å²) in [5.74, 6) is -0.0152. The molecule has 2 aromatic heterocycles. The fourth-order valence-electron chi connectivity index (χ4n) is 2.35. The van der Waals surface area contributed by atoms with E-state index in [2.05, 4.69) is 0 Å². The lowest BCUT2D eigenvalue weighted by molar-refractivity contribution is 0.0982. The Bertz CT molecular complexity index is 730. The van der Waals surface area contributed by atoms with E-state index in [0.29, 0.717) is 11.8 Å². The molecule has 0 radical (unpaired) electrons. The average molecular weight is 287 g/mol. The number of carbonyl (C=O) groups excluding carboxylic acids is 1. The lowest BCUT2D eigenvalue weighted by atomic mass is 10.2. The number of hydrogen-bond acceptors (Lipinski definition) is 2. The predicted molar refractivity (Wildman–Crippen MR) is 79.8 cm³/mol. The van der Waals surface area contributed by atoms with Crippen LogP contribution in [0.5, 0.6) is 0 Å². The summed E-state index contributed by atoms with van der Waals surface area (Å²) in [7, 11) is 0. The molecule has 102 valence electrons. The molecule has 0 unspecified atom stereocenters. The molecule has 0 aliphatic rings. The van der Waals surface area contributed by atoms with Crippen LogP contribution < -0.4 is 0 Å². The summed E-state index contributed by atoms with van der Waals surface area (Å²) in [6.07, 6.45) is 3.16. The SMILES string of the molecule is O=C(CCCn1ccc2c(F)cccc21)c1cccs1. The minimum atomic E-state index is -0.198. The first kappa shape index (κ1) is 13.1. The zero-order valence-corrected chi connectivity index (χ0v) is 11.7. The first-order valence-corrected chi connectivity index (χ1v) is 7.44. The minimum absolute atomic E-state index is 0.183. The Kier molecular flexibility index (Phi) is 3.65. The lowest BCUT2D eigenvalue weighted by Gasteiger charge is -2.05. The Balaban J connectivity index is 1.66. The Hall–Kier alpha value is -1.94.